The molecule has 78 valence electrons. The van der Waals surface area contributed by atoms with Crippen LogP contribution in [0.25, 0.3) is 0 Å². The molecule has 13 heavy (non-hydrogen) atoms. The molecular weight excluding hydrogens is 207 g/mol. The van der Waals surface area contributed by atoms with Crippen LogP contribution in [0.1, 0.15) is 6.42 Å². The molecule has 2 aliphatic rings. The second-order valence-corrected chi connectivity index (χ2v) is 3.56. The Kier molecular flexibility index (Phi) is 5.97. The van der Waals surface area contributed by atoms with Crippen LogP contribution in [0.5, 0.6) is 0 Å². The molecule has 3 atom stereocenters. The van der Waals surface area contributed by atoms with Gasteiger partial charge in [-0.2, -0.15) is 0 Å². The van der Waals surface area contributed by atoms with Crippen LogP contribution in [0.2, 0.25) is 0 Å². The first-order valence-electron chi connectivity index (χ1n) is 4.46. The Morgan fingerprint density at radius 1 is 1.31 bits per heavy atom. The fraction of sp³-hybridized carbons (Fsp3) is 0.778. The maximum Gasteiger partial charge on any atom is 0.0290 e. The Hall–Kier alpha value is 0.240. The smallest absolute Gasteiger partial charge is 0.0290 e. The lowest BCUT2D eigenvalue weighted by atomic mass is 9.82. The first-order chi connectivity index (χ1) is 5.42. The van der Waals surface area contributed by atoms with Gasteiger partial charge in [0.05, 0.1) is 0 Å². The number of nitrogens with one attached hydrogen (secondary N) is 2. The number of hydrogen-bond donors (Lipinski definition) is 2. The summed E-state index contributed by atoms with van der Waals surface area (Å²) in [6, 6.07) is 0.615. The van der Waals surface area contributed by atoms with Gasteiger partial charge in [-0.3, -0.25) is 0 Å². The number of fused-ring (bicyclic) bond motifs is 1. The summed E-state index contributed by atoms with van der Waals surface area (Å²) in [6.45, 7) is 2.41. The molecule has 0 radical (unpaired) electrons. The molecule has 1 saturated heterocycles. The van der Waals surface area contributed by atoms with Crippen LogP contribution in [-0.4, -0.2) is 26.2 Å². The standard InChI is InChI=1S/C9H16N2.2ClH/c1-10-9-4-2-3-7-5-11-6-8(7)9;;/h2,4,7-11H,3,5-6H2,1H3;2*1H. The van der Waals surface area contributed by atoms with Crippen molar-refractivity contribution < 1.29 is 0 Å². The molecule has 0 aromatic rings. The Labute approximate surface area is 92.4 Å². The van der Waals surface area contributed by atoms with Gasteiger partial charge < -0.3 is 10.6 Å². The van der Waals surface area contributed by atoms with E-state index >= 15 is 0 Å². The van der Waals surface area contributed by atoms with Crippen molar-refractivity contribution in [2.24, 2.45) is 11.8 Å². The first kappa shape index (κ1) is 13.2. The lowest BCUT2D eigenvalue weighted by molar-refractivity contribution is 0.341. The summed E-state index contributed by atoms with van der Waals surface area (Å²) in [5.41, 5.74) is 0. The summed E-state index contributed by atoms with van der Waals surface area (Å²) >= 11 is 0. The fourth-order valence-electron chi connectivity index (χ4n) is 2.28. The van der Waals surface area contributed by atoms with Gasteiger partial charge in [0.15, 0.2) is 0 Å². The largest absolute Gasteiger partial charge is 0.316 e. The average Bonchev–Trinajstić information content (AvgIpc) is 2.50. The van der Waals surface area contributed by atoms with Crippen LogP contribution in [0.4, 0.5) is 0 Å². The maximum absolute atomic E-state index is 3.45. The minimum atomic E-state index is 0. The molecule has 1 heterocycles. The molecule has 3 unspecified atom stereocenters. The van der Waals surface area contributed by atoms with Crippen molar-refractivity contribution in [2.75, 3.05) is 20.1 Å². The molecule has 1 fully saturated rings. The van der Waals surface area contributed by atoms with Crippen LogP contribution in [0.15, 0.2) is 12.2 Å². The van der Waals surface area contributed by atoms with E-state index in [0.717, 1.165) is 11.8 Å². The number of allylic oxidation sites excluding steroid dienone is 1. The quantitative estimate of drug-likeness (QED) is 0.655. The predicted octanol–water partition coefficient (Wildman–Crippen LogP) is 1.21. The fourth-order valence-corrected chi connectivity index (χ4v) is 2.28. The Balaban J connectivity index is 0.000000720. The number of halogens is 2. The van der Waals surface area contributed by atoms with E-state index in [9.17, 15) is 0 Å². The Bertz CT molecular complexity index is 173. The van der Waals surface area contributed by atoms with Crippen molar-refractivity contribution >= 4 is 24.8 Å². The summed E-state index contributed by atoms with van der Waals surface area (Å²) in [5.74, 6) is 1.72. The molecular formula is C9H18Cl2N2. The van der Waals surface area contributed by atoms with Crippen LogP contribution in [-0.2, 0) is 0 Å². The Morgan fingerprint density at radius 2 is 2.08 bits per heavy atom. The topological polar surface area (TPSA) is 24.1 Å². The molecule has 0 bridgehead atoms. The normalized spacial score (nSPS) is 35.9. The molecule has 0 spiro atoms. The van der Waals surface area contributed by atoms with Crippen LogP contribution in [0.3, 0.4) is 0 Å². The second-order valence-electron chi connectivity index (χ2n) is 3.56. The van der Waals surface area contributed by atoms with Crippen molar-refractivity contribution in [1.29, 1.82) is 0 Å². The summed E-state index contributed by atoms with van der Waals surface area (Å²) in [7, 11) is 2.05. The number of hydrogen-bond acceptors (Lipinski definition) is 2. The molecule has 1 aliphatic heterocycles. The van der Waals surface area contributed by atoms with E-state index in [1.54, 1.807) is 0 Å². The minimum absolute atomic E-state index is 0. The van der Waals surface area contributed by atoms with Crippen LogP contribution in [0, 0.1) is 11.8 Å². The zero-order valence-corrected chi connectivity index (χ0v) is 9.46. The van der Waals surface area contributed by atoms with E-state index in [-0.39, 0.29) is 24.8 Å². The third-order valence-electron chi connectivity index (χ3n) is 2.97. The van der Waals surface area contributed by atoms with Crippen molar-refractivity contribution in [3.8, 4) is 0 Å². The summed E-state index contributed by atoms with van der Waals surface area (Å²) < 4.78 is 0. The lowest BCUT2D eigenvalue weighted by Crippen LogP contribution is -2.37. The highest BCUT2D eigenvalue weighted by Gasteiger charge is 2.32. The van der Waals surface area contributed by atoms with Crippen molar-refractivity contribution in [1.82, 2.24) is 10.6 Å². The van der Waals surface area contributed by atoms with E-state index in [1.807, 2.05) is 0 Å². The van der Waals surface area contributed by atoms with Crippen LogP contribution < -0.4 is 10.6 Å². The second kappa shape index (κ2) is 5.86. The zero-order valence-electron chi connectivity index (χ0n) is 7.82. The zero-order chi connectivity index (χ0) is 7.68. The van der Waals surface area contributed by atoms with E-state index in [1.165, 1.54) is 19.5 Å². The van der Waals surface area contributed by atoms with Gasteiger partial charge in [0.2, 0.25) is 0 Å². The molecule has 2 rings (SSSR count). The molecule has 0 aromatic heterocycles. The van der Waals surface area contributed by atoms with E-state index in [4.69, 9.17) is 0 Å². The van der Waals surface area contributed by atoms with Gasteiger partial charge in [-0.1, -0.05) is 12.2 Å². The number of rotatable bonds is 1. The summed E-state index contributed by atoms with van der Waals surface area (Å²) in [6.07, 6.45) is 5.90. The number of likely N-dealkylation sites (N-methyl/N-ethyl adjacent to an activating group) is 1. The van der Waals surface area contributed by atoms with Gasteiger partial charge in [-0.15, -0.1) is 24.8 Å². The minimum Gasteiger partial charge on any atom is -0.316 e. The van der Waals surface area contributed by atoms with Gasteiger partial charge >= 0.3 is 0 Å². The third kappa shape index (κ3) is 2.59. The Morgan fingerprint density at radius 3 is 2.77 bits per heavy atom. The summed E-state index contributed by atoms with van der Waals surface area (Å²) in [5, 5.41) is 6.80. The highest BCUT2D eigenvalue weighted by Crippen LogP contribution is 2.28. The molecule has 2 nitrogen and oxygen atoms in total. The lowest BCUT2D eigenvalue weighted by Gasteiger charge is -2.28. The molecule has 1 aliphatic carbocycles. The van der Waals surface area contributed by atoms with Gasteiger partial charge in [-0.25, -0.2) is 0 Å². The van der Waals surface area contributed by atoms with Gasteiger partial charge in [-0.05, 0) is 31.8 Å². The molecule has 0 aromatic carbocycles. The van der Waals surface area contributed by atoms with Crippen molar-refractivity contribution in [2.45, 2.75) is 12.5 Å². The monoisotopic (exact) mass is 224 g/mol. The average molecular weight is 225 g/mol. The van der Waals surface area contributed by atoms with Crippen molar-refractivity contribution in [3.05, 3.63) is 12.2 Å². The highest BCUT2D eigenvalue weighted by atomic mass is 35.5. The van der Waals surface area contributed by atoms with Crippen molar-refractivity contribution in [3.63, 3.8) is 0 Å². The van der Waals surface area contributed by atoms with E-state index in [0.29, 0.717) is 6.04 Å². The van der Waals surface area contributed by atoms with Gasteiger partial charge in [0.25, 0.3) is 0 Å². The molecule has 2 N–H and O–H groups in total. The third-order valence-corrected chi connectivity index (χ3v) is 2.97. The maximum atomic E-state index is 3.45. The van der Waals surface area contributed by atoms with Gasteiger partial charge in [0.1, 0.15) is 0 Å². The SMILES string of the molecule is CNC1C=CCC2CNCC21.Cl.Cl. The molecule has 0 amide bonds. The summed E-state index contributed by atoms with van der Waals surface area (Å²) in [4.78, 5) is 0. The predicted molar refractivity (Wildman–Crippen MR) is 61.0 cm³/mol. The van der Waals surface area contributed by atoms with E-state index < -0.39 is 0 Å². The molecule has 0 saturated carbocycles. The van der Waals surface area contributed by atoms with E-state index in [2.05, 4.69) is 29.8 Å². The first-order valence-corrected chi connectivity index (χ1v) is 4.46. The molecule has 4 heteroatoms. The highest BCUT2D eigenvalue weighted by molar-refractivity contribution is 5.85. The van der Waals surface area contributed by atoms with Crippen LogP contribution >= 0.6 is 24.8 Å². The van der Waals surface area contributed by atoms with Gasteiger partial charge in [0, 0.05) is 12.6 Å².